The lowest BCUT2D eigenvalue weighted by Crippen LogP contribution is -2.30. The van der Waals surface area contributed by atoms with Crippen LogP contribution in [0.15, 0.2) is 18.2 Å². The molecule has 2 rings (SSSR count). The lowest BCUT2D eigenvalue weighted by Gasteiger charge is -2.15. The Labute approximate surface area is 97.9 Å². The number of nitrogens with one attached hydrogen (secondary N) is 1. The number of aromatic nitrogens is 1. The fourth-order valence-corrected chi connectivity index (χ4v) is 1.87. The molecule has 1 aliphatic carbocycles. The van der Waals surface area contributed by atoms with Gasteiger partial charge in [0, 0.05) is 31.4 Å². The van der Waals surface area contributed by atoms with Crippen LogP contribution in [0.5, 0.6) is 0 Å². The second kappa shape index (κ2) is 5.41. The first kappa shape index (κ1) is 11.6. The number of rotatable bonds is 6. The summed E-state index contributed by atoms with van der Waals surface area (Å²) < 4.78 is 0. The Morgan fingerprint density at radius 2 is 2.25 bits per heavy atom. The smallest absolute Gasteiger partial charge is 0.0544 e. The van der Waals surface area contributed by atoms with Gasteiger partial charge in [-0.2, -0.15) is 0 Å². The predicted molar refractivity (Wildman–Crippen MR) is 66.3 cm³/mol. The second-order valence-electron chi connectivity index (χ2n) is 4.66. The van der Waals surface area contributed by atoms with Crippen molar-refractivity contribution in [2.24, 2.45) is 0 Å². The summed E-state index contributed by atoms with van der Waals surface area (Å²) in [6.07, 6.45) is 2.77. The summed E-state index contributed by atoms with van der Waals surface area (Å²) in [5.41, 5.74) is 2.23. The van der Waals surface area contributed by atoms with Crippen LogP contribution >= 0.6 is 0 Å². The van der Waals surface area contributed by atoms with Gasteiger partial charge in [-0.05, 0) is 38.9 Å². The lowest BCUT2D eigenvalue weighted by atomic mass is 10.3. The van der Waals surface area contributed by atoms with Crippen molar-refractivity contribution >= 4 is 0 Å². The topological polar surface area (TPSA) is 28.2 Å². The number of hydrogen-bond acceptors (Lipinski definition) is 3. The van der Waals surface area contributed by atoms with Crippen molar-refractivity contribution in [3.05, 3.63) is 29.6 Å². The average molecular weight is 219 g/mol. The third kappa shape index (κ3) is 3.58. The van der Waals surface area contributed by atoms with Crippen LogP contribution in [0.25, 0.3) is 0 Å². The van der Waals surface area contributed by atoms with Gasteiger partial charge in [-0.3, -0.25) is 4.98 Å². The van der Waals surface area contributed by atoms with E-state index in [9.17, 15) is 0 Å². The minimum absolute atomic E-state index is 0.860. The van der Waals surface area contributed by atoms with Crippen LogP contribution in [-0.4, -0.2) is 36.1 Å². The van der Waals surface area contributed by atoms with E-state index in [4.69, 9.17) is 0 Å². The predicted octanol–water partition coefficient (Wildman–Crippen LogP) is 1.57. The van der Waals surface area contributed by atoms with Gasteiger partial charge in [-0.15, -0.1) is 0 Å². The Hall–Kier alpha value is -0.930. The van der Waals surface area contributed by atoms with Crippen molar-refractivity contribution in [2.75, 3.05) is 20.1 Å². The molecule has 0 radical (unpaired) electrons. The van der Waals surface area contributed by atoms with Crippen molar-refractivity contribution in [3.8, 4) is 0 Å². The molecule has 1 saturated carbocycles. The van der Waals surface area contributed by atoms with Gasteiger partial charge < -0.3 is 10.2 Å². The molecule has 0 bridgehead atoms. The van der Waals surface area contributed by atoms with Crippen molar-refractivity contribution in [1.82, 2.24) is 15.2 Å². The number of nitrogens with zero attached hydrogens (tertiary/aromatic N) is 2. The molecule has 1 aliphatic rings. The van der Waals surface area contributed by atoms with Gasteiger partial charge in [0.15, 0.2) is 0 Å². The van der Waals surface area contributed by atoms with E-state index in [0.717, 1.165) is 37.1 Å². The molecule has 3 heteroatoms. The Bertz CT molecular complexity index is 334. The molecular formula is C13H21N3. The minimum atomic E-state index is 0.860. The number of aryl methyl sites for hydroxylation is 1. The molecule has 3 nitrogen and oxygen atoms in total. The molecule has 0 aromatic carbocycles. The summed E-state index contributed by atoms with van der Waals surface area (Å²) in [5.74, 6) is 0. The van der Waals surface area contributed by atoms with Crippen molar-refractivity contribution in [1.29, 1.82) is 0 Å². The summed E-state index contributed by atoms with van der Waals surface area (Å²) in [4.78, 5) is 6.90. The summed E-state index contributed by atoms with van der Waals surface area (Å²) in [6.45, 7) is 5.09. The third-order valence-electron chi connectivity index (χ3n) is 3.06. The Morgan fingerprint density at radius 1 is 1.44 bits per heavy atom. The molecule has 1 heterocycles. The first-order chi connectivity index (χ1) is 7.75. The largest absolute Gasteiger partial charge is 0.310 e. The zero-order valence-corrected chi connectivity index (χ0v) is 10.2. The fourth-order valence-electron chi connectivity index (χ4n) is 1.87. The fraction of sp³-hybridized carbons (Fsp3) is 0.615. The molecule has 88 valence electrons. The van der Waals surface area contributed by atoms with Crippen LogP contribution in [-0.2, 0) is 6.54 Å². The molecular weight excluding hydrogens is 198 g/mol. The van der Waals surface area contributed by atoms with Gasteiger partial charge >= 0.3 is 0 Å². The van der Waals surface area contributed by atoms with Crippen LogP contribution in [0, 0.1) is 6.92 Å². The highest BCUT2D eigenvalue weighted by Crippen LogP contribution is 2.24. The highest BCUT2D eigenvalue weighted by molar-refractivity contribution is 5.09. The van der Waals surface area contributed by atoms with E-state index < -0.39 is 0 Å². The Balaban J connectivity index is 1.63. The first-order valence-electron chi connectivity index (χ1n) is 6.09. The molecule has 0 unspecified atom stereocenters. The van der Waals surface area contributed by atoms with Crippen LogP contribution in [0.3, 0.4) is 0 Å². The Morgan fingerprint density at radius 3 is 2.94 bits per heavy atom. The normalized spacial score (nSPS) is 15.7. The average Bonchev–Trinajstić information content (AvgIpc) is 3.08. The second-order valence-corrected chi connectivity index (χ2v) is 4.66. The SMILES string of the molecule is Cc1cccc(CNCCN(C)C2CC2)n1. The molecule has 1 fully saturated rings. The van der Waals surface area contributed by atoms with Crippen LogP contribution < -0.4 is 5.32 Å². The summed E-state index contributed by atoms with van der Waals surface area (Å²) in [7, 11) is 2.21. The summed E-state index contributed by atoms with van der Waals surface area (Å²) >= 11 is 0. The highest BCUT2D eigenvalue weighted by atomic mass is 15.2. The van der Waals surface area contributed by atoms with Gasteiger partial charge in [0.05, 0.1) is 5.69 Å². The molecule has 0 spiro atoms. The monoisotopic (exact) mass is 219 g/mol. The number of pyridine rings is 1. The van der Waals surface area contributed by atoms with E-state index in [0.29, 0.717) is 0 Å². The van der Waals surface area contributed by atoms with Crippen molar-refractivity contribution < 1.29 is 0 Å². The molecule has 1 N–H and O–H groups in total. The summed E-state index contributed by atoms with van der Waals surface area (Å²) in [6, 6.07) is 7.03. The highest BCUT2D eigenvalue weighted by Gasteiger charge is 2.25. The van der Waals surface area contributed by atoms with Crippen LogP contribution in [0.1, 0.15) is 24.2 Å². The first-order valence-corrected chi connectivity index (χ1v) is 6.09. The van der Waals surface area contributed by atoms with Gasteiger partial charge in [0.25, 0.3) is 0 Å². The van der Waals surface area contributed by atoms with E-state index in [-0.39, 0.29) is 0 Å². The molecule has 1 aromatic rings. The number of likely N-dealkylation sites (N-methyl/N-ethyl adjacent to an activating group) is 1. The molecule has 0 amide bonds. The van der Waals surface area contributed by atoms with Gasteiger partial charge in [-0.1, -0.05) is 6.07 Å². The molecule has 0 aliphatic heterocycles. The van der Waals surface area contributed by atoms with E-state index in [1.807, 2.05) is 13.0 Å². The van der Waals surface area contributed by atoms with Gasteiger partial charge in [0.1, 0.15) is 0 Å². The maximum atomic E-state index is 4.46. The quantitative estimate of drug-likeness (QED) is 0.736. The number of hydrogen-bond donors (Lipinski definition) is 1. The van der Waals surface area contributed by atoms with Crippen molar-refractivity contribution in [3.63, 3.8) is 0 Å². The summed E-state index contributed by atoms with van der Waals surface area (Å²) in [5, 5.41) is 3.44. The molecule has 0 saturated heterocycles. The van der Waals surface area contributed by atoms with Crippen molar-refractivity contribution in [2.45, 2.75) is 32.4 Å². The Kier molecular flexibility index (Phi) is 3.91. The van der Waals surface area contributed by atoms with E-state index in [2.05, 4.69) is 34.4 Å². The zero-order valence-electron chi connectivity index (χ0n) is 10.2. The minimum Gasteiger partial charge on any atom is -0.310 e. The standard InChI is InChI=1S/C13H21N3/c1-11-4-3-5-12(15-11)10-14-8-9-16(2)13-6-7-13/h3-5,13-14H,6-10H2,1-2H3. The van der Waals surface area contributed by atoms with Crippen LogP contribution in [0.2, 0.25) is 0 Å². The van der Waals surface area contributed by atoms with E-state index in [1.165, 1.54) is 12.8 Å². The maximum absolute atomic E-state index is 4.46. The van der Waals surface area contributed by atoms with E-state index >= 15 is 0 Å². The molecule has 1 aromatic heterocycles. The van der Waals surface area contributed by atoms with Gasteiger partial charge in [-0.25, -0.2) is 0 Å². The molecule has 0 atom stereocenters. The van der Waals surface area contributed by atoms with E-state index in [1.54, 1.807) is 0 Å². The van der Waals surface area contributed by atoms with Crippen LogP contribution in [0.4, 0.5) is 0 Å². The van der Waals surface area contributed by atoms with Gasteiger partial charge in [0.2, 0.25) is 0 Å². The third-order valence-corrected chi connectivity index (χ3v) is 3.06. The molecule has 16 heavy (non-hydrogen) atoms. The lowest BCUT2D eigenvalue weighted by molar-refractivity contribution is 0.321. The zero-order chi connectivity index (χ0) is 11.4. The maximum Gasteiger partial charge on any atom is 0.0544 e.